The highest BCUT2D eigenvalue weighted by molar-refractivity contribution is 5.27. The van der Waals surface area contributed by atoms with Gasteiger partial charge in [-0.15, -0.1) is 0 Å². The van der Waals surface area contributed by atoms with Crippen molar-refractivity contribution in [3.8, 4) is 0 Å². The molecule has 1 aromatic rings. The van der Waals surface area contributed by atoms with Crippen LogP contribution in [0.2, 0.25) is 0 Å². The van der Waals surface area contributed by atoms with Gasteiger partial charge in [0.1, 0.15) is 0 Å². The molecule has 2 aliphatic rings. The molecule has 3 rings (SSSR count). The van der Waals surface area contributed by atoms with E-state index in [0.29, 0.717) is 6.10 Å². The molecule has 1 saturated carbocycles. The first-order chi connectivity index (χ1) is 11.3. The van der Waals surface area contributed by atoms with Crippen molar-refractivity contribution < 1.29 is 4.74 Å². The fourth-order valence-electron chi connectivity index (χ4n) is 4.57. The highest BCUT2D eigenvalue weighted by Crippen LogP contribution is 2.38. The Hall–Kier alpha value is -0.820. The lowest BCUT2D eigenvalue weighted by Crippen LogP contribution is -2.20. The number of ether oxygens (including phenoxy) is 1. The monoisotopic (exact) mass is 314 g/mol. The molecule has 0 radical (unpaired) electrons. The molecule has 2 atom stereocenters. The van der Waals surface area contributed by atoms with Gasteiger partial charge in [0.05, 0.1) is 12.7 Å². The van der Waals surface area contributed by atoms with E-state index in [0.717, 1.165) is 24.4 Å². The maximum absolute atomic E-state index is 6.09. The lowest BCUT2D eigenvalue weighted by atomic mass is 9.77. The topological polar surface area (TPSA) is 9.23 Å². The Kier molecular flexibility index (Phi) is 6.16. The molecular weight excluding hydrogens is 280 g/mol. The van der Waals surface area contributed by atoms with Crippen LogP contribution in [-0.4, -0.2) is 6.61 Å². The third-order valence-electron chi connectivity index (χ3n) is 6.27. The summed E-state index contributed by atoms with van der Waals surface area (Å²) in [6.07, 6.45) is 12.6. The van der Waals surface area contributed by atoms with E-state index in [9.17, 15) is 0 Å². The minimum Gasteiger partial charge on any atom is -0.373 e. The summed E-state index contributed by atoms with van der Waals surface area (Å²) in [6.45, 7) is 5.55. The first kappa shape index (κ1) is 17.0. The standard InChI is InChI=1S/C22H34O/c1-3-5-18-6-9-19(10-7-18)20-11-13-21(14-12-20)22-15-8-17(4-2)16-23-22/h11-14,17-19,22H,3-10,15-16H2,1-2H3. The Morgan fingerprint density at radius 1 is 0.826 bits per heavy atom. The molecular formula is C22H34O. The molecule has 1 saturated heterocycles. The first-order valence-corrected chi connectivity index (χ1v) is 10.0. The van der Waals surface area contributed by atoms with Gasteiger partial charge in [0.25, 0.3) is 0 Å². The number of rotatable bonds is 5. The summed E-state index contributed by atoms with van der Waals surface area (Å²) in [5, 5.41) is 0. The predicted octanol–water partition coefficient (Wildman–Crippen LogP) is 6.64. The third kappa shape index (κ3) is 4.38. The summed E-state index contributed by atoms with van der Waals surface area (Å²) in [6, 6.07) is 9.44. The second-order valence-electron chi connectivity index (χ2n) is 7.85. The summed E-state index contributed by atoms with van der Waals surface area (Å²) >= 11 is 0. The summed E-state index contributed by atoms with van der Waals surface area (Å²) in [5.41, 5.74) is 2.95. The lowest BCUT2D eigenvalue weighted by molar-refractivity contribution is -0.0181. The summed E-state index contributed by atoms with van der Waals surface area (Å²) in [4.78, 5) is 0. The van der Waals surface area contributed by atoms with Crippen molar-refractivity contribution >= 4 is 0 Å². The minimum absolute atomic E-state index is 0.340. The molecule has 0 N–H and O–H groups in total. The zero-order valence-electron chi connectivity index (χ0n) is 15.1. The Morgan fingerprint density at radius 2 is 1.48 bits per heavy atom. The van der Waals surface area contributed by atoms with Crippen LogP contribution >= 0.6 is 0 Å². The van der Waals surface area contributed by atoms with Crippen LogP contribution in [-0.2, 0) is 4.74 Å². The highest BCUT2D eigenvalue weighted by atomic mass is 16.5. The Labute approximate surface area is 142 Å². The van der Waals surface area contributed by atoms with Crippen molar-refractivity contribution in [1.29, 1.82) is 0 Å². The average Bonchev–Trinajstić information content (AvgIpc) is 2.63. The fourth-order valence-corrected chi connectivity index (χ4v) is 4.57. The minimum atomic E-state index is 0.340. The van der Waals surface area contributed by atoms with Crippen LogP contribution in [0.1, 0.15) is 94.8 Å². The molecule has 1 aromatic carbocycles. The average molecular weight is 315 g/mol. The van der Waals surface area contributed by atoms with Crippen molar-refractivity contribution in [3.63, 3.8) is 0 Å². The Bertz CT molecular complexity index is 447. The molecule has 0 bridgehead atoms. The molecule has 1 aliphatic heterocycles. The largest absolute Gasteiger partial charge is 0.373 e. The zero-order chi connectivity index (χ0) is 16.1. The SMILES string of the molecule is CCCC1CCC(c2ccc(C3CCC(CC)CO3)cc2)CC1. The predicted molar refractivity (Wildman–Crippen MR) is 97.8 cm³/mol. The van der Waals surface area contributed by atoms with Gasteiger partial charge in [0.2, 0.25) is 0 Å². The third-order valence-corrected chi connectivity index (χ3v) is 6.27. The van der Waals surface area contributed by atoms with Crippen LogP contribution < -0.4 is 0 Å². The normalized spacial score (nSPS) is 31.9. The van der Waals surface area contributed by atoms with E-state index in [1.807, 2.05) is 0 Å². The summed E-state index contributed by atoms with van der Waals surface area (Å²) in [7, 11) is 0. The highest BCUT2D eigenvalue weighted by Gasteiger charge is 2.24. The molecule has 23 heavy (non-hydrogen) atoms. The van der Waals surface area contributed by atoms with Crippen LogP contribution in [0.25, 0.3) is 0 Å². The summed E-state index contributed by atoms with van der Waals surface area (Å²) in [5.74, 6) is 2.58. The van der Waals surface area contributed by atoms with Gasteiger partial charge in [0, 0.05) is 0 Å². The number of benzene rings is 1. The van der Waals surface area contributed by atoms with E-state index in [2.05, 4.69) is 38.1 Å². The van der Waals surface area contributed by atoms with Gasteiger partial charge in [-0.05, 0) is 67.4 Å². The van der Waals surface area contributed by atoms with Gasteiger partial charge >= 0.3 is 0 Å². The van der Waals surface area contributed by atoms with Gasteiger partial charge in [-0.3, -0.25) is 0 Å². The van der Waals surface area contributed by atoms with E-state index in [4.69, 9.17) is 4.74 Å². The lowest BCUT2D eigenvalue weighted by Gasteiger charge is -2.30. The molecule has 1 nitrogen and oxygen atoms in total. The van der Waals surface area contributed by atoms with Gasteiger partial charge in [0.15, 0.2) is 0 Å². The smallest absolute Gasteiger partial charge is 0.0825 e. The van der Waals surface area contributed by atoms with E-state index < -0.39 is 0 Å². The quantitative estimate of drug-likeness (QED) is 0.592. The van der Waals surface area contributed by atoms with Crippen molar-refractivity contribution in [2.75, 3.05) is 6.61 Å². The Morgan fingerprint density at radius 3 is 2.04 bits per heavy atom. The molecule has 0 amide bonds. The van der Waals surface area contributed by atoms with Crippen LogP contribution in [0, 0.1) is 11.8 Å². The molecule has 2 fully saturated rings. The van der Waals surface area contributed by atoms with Crippen LogP contribution in [0.15, 0.2) is 24.3 Å². The maximum atomic E-state index is 6.09. The van der Waals surface area contributed by atoms with Crippen molar-refractivity contribution in [2.45, 2.75) is 83.7 Å². The molecule has 128 valence electrons. The Balaban J connectivity index is 1.53. The van der Waals surface area contributed by atoms with E-state index >= 15 is 0 Å². The first-order valence-electron chi connectivity index (χ1n) is 10.0. The van der Waals surface area contributed by atoms with E-state index in [-0.39, 0.29) is 0 Å². The van der Waals surface area contributed by atoms with E-state index in [1.165, 1.54) is 63.4 Å². The molecule has 1 aliphatic carbocycles. The fraction of sp³-hybridized carbons (Fsp3) is 0.727. The van der Waals surface area contributed by atoms with Crippen LogP contribution in [0.5, 0.6) is 0 Å². The maximum Gasteiger partial charge on any atom is 0.0825 e. The second-order valence-corrected chi connectivity index (χ2v) is 7.85. The van der Waals surface area contributed by atoms with Gasteiger partial charge < -0.3 is 4.74 Å². The molecule has 2 unspecified atom stereocenters. The van der Waals surface area contributed by atoms with Crippen molar-refractivity contribution in [1.82, 2.24) is 0 Å². The van der Waals surface area contributed by atoms with Crippen molar-refractivity contribution in [3.05, 3.63) is 35.4 Å². The molecule has 1 heteroatoms. The van der Waals surface area contributed by atoms with Gasteiger partial charge in [-0.25, -0.2) is 0 Å². The summed E-state index contributed by atoms with van der Waals surface area (Å²) < 4.78 is 6.09. The van der Waals surface area contributed by atoms with Crippen LogP contribution in [0.3, 0.4) is 0 Å². The van der Waals surface area contributed by atoms with Gasteiger partial charge in [-0.2, -0.15) is 0 Å². The van der Waals surface area contributed by atoms with Crippen molar-refractivity contribution in [2.24, 2.45) is 11.8 Å². The molecule has 1 heterocycles. The zero-order valence-corrected chi connectivity index (χ0v) is 15.1. The van der Waals surface area contributed by atoms with E-state index in [1.54, 1.807) is 5.56 Å². The molecule has 0 spiro atoms. The number of hydrogen-bond acceptors (Lipinski definition) is 1. The van der Waals surface area contributed by atoms with Gasteiger partial charge in [-0.1, -0.05) is 57.4 Å². The number of hydrogen-bond donors (Lipinski definition) is 0. The second kappa shape index (κ2) is 8.33. The molecule has 0 aromatic heterocycles. The van der Waals surface area contributed by atoms with Crippen LogP contribution in [0.4, 0.5) is 0 Å².